The Balaban J connectivity index is 2.15. The van der Waals surface area contributed by atoms with Crippen molar-refractivity contribution in [3.63, 3.8) is 0 Å². The van der Waals surface area contributed by atoms with Crippen LogP contribution < -0.4 is 5.73 Å². The molecular formula is C15H30N2O. The van der Waals surface area contributed by atoms with Crippen LogP contribution in [-0.2, 0) is 4.79 Å². The van der Waals surface area contributed by atoms with E-state index < -0.39 is 0 Å². The summed E-state index contributed by atoms with van der Waals surface area (Å²) in [5.74, 6) is 0.993. The predicted molar refractivity (Wildman–Crippen MR) is 76.3 cm³/mol. The van der Waals surface area contributed by atoms with E-state index in [9.17, 15) is 4.79 Å². The molecule has 0 spiro atoms. The Morgan fingerprint density at radius 2 is 2.11 bits per heavy atom. The summed E-state index contributed by atoms with van der Waals surface area (Å²) in [5.41, 5.74) is 5.98. The Bertz CT molecular complexity index is 243. The third-order valence-electron chi connectivity index (χ3n) is 4.11. The second-order valence-electron chi connectivity index (χ2n) is 5.85. The van der Waals surface area contributed by atoms with Crippen molar-refractivity contribution in [3.05, 3.63) is 0 Å². The Hall–Kier alpha value is -0.570. The number of carbonyl (C=O) groups excluding carboxylic acids is 1. The molecule has 106 valence electrons. The zero-order chi connectivity index (χ0) is 13.4. The molecule has 2 atom stereocenters. The van der Waals surface area contributed by atoms with Gasteiger partial charge in [0, 0.05) is 26.1 Å². The normalized spacial score (nSPS) is 23.9. The molecule has 0 heterocycles. The zero-order valence-electron chi connectivity index (χ0n) is 12.2. The molecule has 1 aliphatic rings. The number of nitrogens with two attached hydrogens (primary N) is 1. The van der Waals surface area contributed by atoms with E-state index in [4.69, 9.17) is 5.73 Å². The molecule has 18 heavy (non-hydrogen) atoms. The van der Waals surface area contributed by atoms with Gasteiger partial charge < -0.3 is 10.6 Å². The van der Waals surface area contributed by atoms with Gasteiger partial charge in [-0.25, -0.2) is 0 Å². The van der Waals surface area contributed by atoms with E-state index in [0.717, 1.165) is 25.8 Å². The first-order valence-corrected chi connectivity index (χ1v) is 7.63. The highest BCUT2D eigenvalue weighted by molar-refractivity contribution is 5.75. The first-order valence-electron chi connectivity index (χ1n) is 7.63. The van der Waals surface area contributed by atoms with E-state index in [1.54, 1.807) is 0 Å². The van der Waals surface area contributed by atoms with Crippen molar-refractivity contribution in [2.75, 3.05) is 13.6 Å². The van der Waals surface area contributed by atoms with Crippen LogP contribution in [0.2, 0.25) is 0 Å². The molecule has 1 aliphatic carbocycles. The van der Waals surface area contributed by atoms with Crippen molar-refractivity contribution in [2.45, 2.75) is 70.8 Å². The average Bonchev–Trinajstić information content (AvgIpc) is 2.36. The smallest absolute Gasteiger partial charge is 0.222 e. The third-order valence-corrected chi connectivity index (χ3v) is 4.11. The molecule has 3 nitrogen and oxygen atoms in total. The van der Waals surface area contributed by atoms with Gasteiger partial charge in [-0.2, -0.15) is 0 Å². The maximum atomic E-state index is 12.0. The van der Waals surface area contributed by atoms with Crippen LogP contribution in [0, 0.1) is 5.92 Å². The highest BCUT2D eigenvalue weighted by Crippen LogP contribution is 2.26. The van der Waals surface area contributed by atoms with Crippen molar-refractivity contribution in [2.24, 2.45) is 11.7 Å². The number of unbranched alkanes of at least 4 members (excludes halogenated alkanes) is 2. The van der Waals surface area contributed by atoms with E-state index in [1.165, 1.54) is 32.1 Å². The van der Waals surface area contributed by atoms with Crippen LogP contribution in [0.4, 0.5) is 0 Å². The number of amides is 1. The van der Waals surface area contributed by atoms with Gasteiger partial charge in [0.1, 0.15) is 0 Å². The summed E-state index contributed by atoms with van der Waals surface area (Å²) in [5, 5.41) is 0. The van der Waals surface area contributed by atoms with Gasteiger partial charge in [-0.3, -0.25) is 4.79 Å². The van der Waals surface area contributed by atoms with Crippen molar-refractivity contribution < 1.29 is 4.79 Å². The predicted octanol–water partition coefficient (Wildman–Crippen LogP) is 2.93. The largest absolute Gasteiger partial charge is 0.346 e. The van der Waals surface area contributed by atoms with Crippen LogP contribution in [0.1, 0.15) is 64.7 Å². The maximum absolute atomic E-state index is 12.0. The first kappa shape index (κ1) is 15.5. The number of nitrogens with zero attached hydrogens (tertiary/aromatic N) is 1. The van der Waals surface area contributed by atoms with E-state index in [0.29, 0.717) is 24.3 Å². The lowest BCUT2D eigenvalue weighted by Crippen LogP contribution is -2.30. The van der Waals surface area contributed by atoms with E-state index in [2.05, 4.69) is 6.92 Å². The minimum Gasteiger partial charge on any atom is -0.346 e. The fourth-order valence-electron chi connectivity index (χ4n) is 2.84. The lowest BCUT2D eigenvalue weighted by Gasteiger charge is -2.27. The van der Waals surface area contributed by atoms with Gasteiger partial charge >= 0.3 is 0 Å². The molecule has 0 bridgehead atoms. The van der Waals surface area contributed by atoms with Crippen LogP contribution in [-0.4, -0.2) is 30.4 Å². The fraction of sp³-hybridized carbons (Fsp3) is 0.933. The standard InChI is InChI=1S/C15H30N2O/c1-3-4-5-11-17(2)15(18)10-9-13-7-6-8-14(16)12-13/h13-14H,3-12,16H2,1-2H3. The molecule has 1 rings (SSSR count). The molecule has 0 aliphatic heterocycles. The number of carbonyl (C=O) groups is 1. The maximum Gasteiger partial charge on any atom is 0.222 e. The van der Waals surface area contributed by atoms with Crippen molar-refractivity contribution in [1.82, 2.24) is 4.90 Å². The summed E-state index contributed by atoms with van der Waals surface area (Å²) >= 11 is 0. The molecule has 0 aromatic rings. The molecule has 2 unspecified atom stereocenters. The third kappa shape index (κ3) is 5.85. The van der Waals surface area contributed by atoms with Gasteiger partial charge in [0.2, 0.25) is 5.91 Å². The van der Waals surface area contributed by atoms with E-state index in [1.807, 2.05) is 11.9 Å². The molecule has 2 N–H and O–H groups in total. The summed E-state index contributed by atoms with van der Waals surface area (Å²) in [6.45, 7) is 3.10. The van der Waals surface area contributed by atoms with Crippen LogP contribution >= 0.6 is 0 Å². The molecule has 3 heteroatoms. The highest BCUT2D eigenvalue weighted by atomic mass is 16.2. The minimum atomic E-state index is 0.310. The Labute approximate surface area is 112 Å². The molecule has 0 radical (unpaired) electrons. The van der Waals surface area contributed by atoms with Crippen LogP contribution in [0.15, 0.2) is 0 Å². The highest BCUT2D eigenvalue weighted by Gasteiger charge is 2.20. The summed E-state index contributed by atoms with van der Waals surface area (Å²) in [4.78, 5) is 13.9. The molecule has 1 saturated carbocycles. The second kappa shape index (κ2) is 8.52. The number of rotatable bonds is 7. The quantitative estimate of drug-likeness (QED) is 0.710. The monoisotopic (exact) mass is 254 g/mol. The van der Waals surface area contributed by atoms with Crippen LogP contribution in [0.5, 0.6) is 0 Å². The molecule has 0 aromatic heterocycles. The second-order valence-corrected chi connectivity index (χ2v) is 5.85. The van der Waals surface area contributed by atoms with Crippen molar-refractivity contribution in [3.8, 4) is 0 Å². The number of hydrogen-bond donors (Lipinski definition) is 1. The molecule has 1 amide bonds. The Morgan fingerprint density at radius 1 is 1.33 bits per heavy atom. The summed E-state index contributed by atoms with van der Waals surface area (Å²) in [7, 11) is 1.94. The minimum absolute atomic E-state index is 0.310. The number of hydrogen-bond acceptors (Lipinski definition) is 2. The topological polar surface area (TPSA) is 46.3 Å². The van der Waals surface area contributed by atoms with Crippen molar-refractivity contribution >= 4 is 5.91 Å². The van der Waals surface area contributed by atoms with E-state index >= 15 is 0 Å². The molecule has 0 aromatic carbocycles. The fourth-order valence-corrected chi connectivity index (χ4v) is 2.84. The van der Waals surface area contributed by atoms with Gasteiger partial charge in [-0.05, 0) is 31.6 Å². The lowest BCUT2D eigenvalue weighted by molar-refractivity contribution is -0.130. The zero-order valence-corrected chi connectivity index (χ0v) is 12.2. The first-order chi connectivity index (χ1) is 8.63. The molecular weight excluding hydrogens is 224 g/mol. The van der Waals surface area contributed by atoms with Crippen LogP contribution in [0.25, 0.3) is 0 Å². The Morgan fingerprint density at radius 3 is 2.78 bits per heavy atom. The van der Waals surface area contributed by atoms with Gasteiger partial charge in [0.05, 0.1) is 0 Å². The summed E-state index contributed by atoms with van der Waals surface area (Å²) in [6, 6.07) is 0.376. The van der Waals surface area contributed by atoms with Gasteiger partial charge in [0.25, 0.3) is 0 Å². The summed E-state index contributed by atoms with van der Waals surface area (Å²) in [6.07, 6.45) is 10.1. The summed E-state index contributed by atoms with van der Waals surface area (Å²) < 4.78 is 0. The molecule has 0 saturated heterocycles. The lowest BCUT2D eigenvalue weighted by atomic mass is 9.83. The molecule has 1 fully saturated rings. The van der Waals surface area contributed by atoms with Gasteiger partial charge in [0.15, 0.2) is 0 Å². The SMILES string of the molecule is CCCCCN(C)C(=O)CCC1CCCC(N)C1. The van der Waals surface area contributed by atoms with E-state index in [-0.39, 0.29) is 0 Å². The Kier molecular flexibility index (Phi) is 7.33. The van der Waals surface area contributed by atoms with Gasteiger partial charge in [-0.1, -0.05) is 32.6 Å². The van der Waals surface area contributed by atoms with Crippen LogP contribution in [0.3, 0.4) is 0 Å². The average molecular weight is 254 g/mol. The van der Waals surface area contributed by atoms with Gasteiger partial charge in [-0.15, -0.1) is 0 Å². The van der Waals surface area contributed by atoms with Crippen molar-refractivity contribution in [1.29, 1.82) is 0 Å².